The van der Waals surface area contributed by atoms with Gasteiger partial charge in [0.25, 0.3) is 0 Å². The zero-order valence-electron chi connectivity index (χ0n) is 39.6. The molecule has 7 heterocycles. The first-order valence-corrected chi connectivity index (χ1v) is 24.3. The van der Waals surface area contributed by atoms with Crippen molar-refractivity contribution in [2.45, 2.75) is 79.1 Å². The van der Waals surface area contributed by atoms with Crippen LogP contribution < -0.4 is 18.9 Å². The molecule has 0 fully saturated rings. The fourth-order valence-corrected chi connectivity index (χ4v) is 8.68. The Hall–Kier alpha value is -7.46. The molecule has 0 amide bonds. The highest BCUT2D eigenvalue weighted by Crippen LogP contribution is 2.46. The van der Waals surface area contributed by atoms with Gasteiger partial charge in [-0.25, -0.2) is 9.97 Å². The number of hydrogen-bond acceptors (Lipinski definition) is 8. The molecule has 0 radical (unpaired) electrons. The van der Waals surface area contributed by atoms with Gasteiger partial charge in [-0.2, -0.15) is 0 Å². The molecule has 9 rings (SSSR count). The van der Waals surface area contributed by atoms with Crippen LogP contribution in [-0.4, -0.2) is 56.3 Å². The molecule has 0 aliphatic carbocycles. The third kappa shape index (κ3) is 9.81. The van der Waals surface area contributed by atoms with E-state index in [4.69, 9.17) is 28.9 Å². The number of nitrogens with one attached hydrogen (secondary N) is 2. The van der Waals surface area contributed by atoms with Crippen LogP contribution >= 0.6 is 0 Å². The van der Waals surface area contributed by atoms with E-state index in [0.29, 0.717) is 26.4 Å². The highest BCUT2D eigenvalue weighted by atomic mass is 16.5. The number of hydrogen-bond donors (Lipinski definition) is 2. The Morgan fingerprint density at radius 2 is 0.647 bits per heavy atom. The predicted molar refractivity (Wildman–Crippen MR) is 278 cm³/mol. The van der Waals surface area contributed by atoms with Crippen molar-refractivity contribution in [3.8, 4) is 67.5 Å². The summed E-state index contributed by atoms with van der Waals surface area (Å²) in [7, 11) is 0. The average molecular weight is 905 g/mol. The molecular weight excluding hydrogens is 845 g/mol. The van der Waals surface area contributed by atoms with E-state index >= 15 is 0 Å². The summed E-state index contributed by atoms with van der Waals surface area (Å²) in [5.41, 5.74) is 13.8. The largest absolute Gasteiger partial charge is 0.493 e. The number of aromatic nitrogens is 6. The number of ether oxygens (including phenoxy) is 4. The third-order valence-electron chi connectivity index (χ3n) is 12.2. The number of H-pyrrole nitrogens is 2. The molecule has 346 valence electrons. The van der Waals surface area contributed by atoms with Crippen molar-refractivity contribution >= 4 is 46.4 Å². The Morgan fingerprint density at radius 3 is 0.956 bits per heavy atom. The van der Waals surface area contributed by atoms with Gasteiger partial charge in [0.15, 0.2) is 0 Å². The van der Waals surface area contributed by atoms with E-state index in [2.05, 4.69) is 96.2 Å². The van der Waals surface area contributed by atoms with Gasteiger partial charge in [-0.05, 0) is 134 Å². The smallest absolute Gasteiger partial charge is 0.131 e. The van der Waals surface area contributed by atoms with E-state index in [-0.39, 0.29) is 0 Å². The molecule has 0 saturated heterocycles. The quantitative estimate of drug-likeness (QED) is 0.0726. The lowest BCUT2D eigenvalue weighted by Gasteiger charge is -2.17. The summed E-state index contributed by atoms with van der Waals surface area (Å²) in [4.78, 5) is 27.7. The zero-order chi connectivity index (χ0) is 46.7. The van der Waals surface area contributed by atoms with E-state index in [1.54, 1.807) is 0 Å². The Balaban J connectivity index is 1.43. The van der Waals surface area contributed by atoms with Gasteiger partial charge in [-0.1, -0.05) is 65.5 Å². The summed E-state index contributed by atoms with van der Waals surface area (Å²) in [5, 5.41) is 0. The van der Waals surface area contributed by atoms with Gasteiger partial charge in [-0.15, -0.1) is 0 Å². The topological polar surface area (TPSA) is 120 Å². The second-order valence-corrected chi connectivity index (χ2v) is 17.0. The minimum atomic E-state index is 0.575. The normalized spacial score (nSPS) is 11.8. The number of fused-ring (bicyclic) bond motifs is 8. The maximum Gasteiger partial charge on any atom is 0.131 e. The maximum absolute atomic E-state index is 6.65. The molecule has 0 spiro atoms. The van der Waals surface area contributed by atoms with Crippen LogP contribution in [0, 0.1) is 0 Å². The van der Waals surface area contributed by atoms with E-state index in [0.717, 1.165) is 164 Å². The second kappa shape index (κ2) is 21.9. The van der Waals surface area contributed by atoms with Gasteiger partial charge in [-0.3, -0.25) is 9.97 Å². The van der Waals surface area contributed by atoms with Crippen LogP contribution in [0.5, 0.6) is 23.0 Å². The Bertz CT molecular complexity index is 2820. The minimum Gasteiger partial charge on any atom is -0.493 e. The first-order chi connectivity index (χ1) is 33.6. The summed E-state index contributed by atoms with van der Waals surface area (Å²) in [6.45, 7) is 11.0. The van der Waals surface area contributed by atoms with Crippen LogP contribution in [0.4, 0.5) is 0 Å². The van der Waals surface area contributed by atoms with Gasteiger partial charge in [0.2, 0.25) is 0 Å². The number of rotatable bonds is 20. The van der Waals surface area contributed by atoms with E-state index in [9.17, 15) is 0 Å². The van der Waals surface area contributed by atoms with E-state index in [1.165, 1.54) is 0 Å². The van der Waals surface area contributed by atoms with Crippen LogP contribution in [0.1, 0.15) is 102 Å². The van der Waals surface area contributed by atoms with Crippen LogP contribution in [0.25, 0.3) is 90.9 Å². The lowest BCUT2D eigenvalue weighted by Crippen LogP contribution is -2.03. The molecule has 0 saturated carbocycles. The second-order valence-electron chi connectivity index (χ2n) is 17.0. The van der Waals surface area contributed by atoms with Crippen molar-refractivity contribution in [3.63, 3.8) is 0 Å². The van der Waals surface area contributed by atoms with Crippen molar-refractivity contribution in [2.24, 2.45) is 0 Å². The SMILES string of the molecule is CCCCOc1cccc(OCCCC)c1-c1c2nc(c(-c3ccncc3)c3ccc([nH]3)c(-c3c(OCCCC)cccc3OCCCC)c3nc(c(-c4ccncc4)c4ccc1[nH]4)C=C3)C=C2. The van der Waals surface area contributed by atoms with Crippen molar-refractivity contribution in [1.82, 2.24) is 29.9 Å². The highest BCUT2D eigenvalue weighted by Gasteiger charge is 2.25. The first-order valence-electron chi connectivity index (χ1n) is 24.3. The minimum absolute atomic E-state index is 0.575. The van der Waals surface area contributed by atoms with Gasteiger partial charge in [0.1, 0.15) is 23.0 Å². The molecule has 7 aromatic rings. The Kier molecular flexibility index (Phi) is 14.7. The zero-order valence-corrected chi connectivity index (χ0v) is 39.6. The third-order valence-corrected chi connectivity index (χ3v) is 12.2. The number of nitrogens with zero attached hydrogens (tertiary/aromatic N) is 4. The molecule has 5 aromatic heterocycles. The lowest BCUT2D eigenvalue weighted by atomic mass is 10.0. The molecule has 0 atom stereocenters. The van der Waals surface area contributed by atoms with E-state index < -0.39 is 0 Å². The summed E-state index contributed by atoms with van der Waals surface area (Å²) < 4.78 is 26.6. The van der Waals surface area contributed by atoms with E-state index in [1.807, 2.05) is 85.5 Å². The molecular formula is C58H60N6O4. The number of benzene rings is 2. The van der Waals surface area contributed by atoms with Crippen molar-refractivity contribution < 1.29 is 18.9 Å². The monoisotopic (exact) mass is 904 g/mol. The Morgan fingerprint density at radius 1 is 0.353 bits per heavy atom. The molecule has 2 aromatic carbocycles. The van der Waals surface area contributed by atoms with Crippen LogP contribution in [0.3, 0.4) is 0 Å². The van der Waals surface area contributed by atoms with Gasteiger partial charge in [0, 0.05) is 69.1 Å². The number of pyridine rings is 2. The molecule has 68 heavy (non-hydrogen) atoms. The van der Waals surface area contributed by atoms with Crippen molar-refractivity contribution in [3.05, 3.63) is 132 Å². The molecule has 0 unspecified atom stereocenters. The maximum atomic E-state index is 6.65. The molecule has 2 N–H and O–H groups in total. The molecule has 2 aliphatic rings. The number of unbranched alkanes of at least 4 members (excludes halogenated alkanes) is 4. The highest BCUT2D eigenvalue weighted by molar-refractivity contribution is 6.02. The fourth-order valence-electron chi connectivity index (χ4n) is 8.68. The fraction of sp³-hybridized carbons (Fsp3) is 0.276. The number of aromatic amines is 2. The standard InChI is InChI=1S/C58H60N6O4/c1-5-9-35-65-49-15-13-16-50(66-36-10-6-2)57(49)55-45-23-19-41(61-45)53(39-27-31-59-32-28-39)43-21-25-47(63-43)56(58-51(67-37-11-7-3)17-14-18-52(58)68-38-12-8-4)48-26-22-44(64-48)54(40-29-33-60-34-30-40)42-20-24-46(55)62-42/h13-34,61,64H,5-12,35-38H2,1-4H3. The van der Waals surface area contributed by atoms with Crippen molar-refractivity contribution in [1.29, 1.82) is 0 Å². The summed E-state index contributed by atoms with van der Waals surface area (Å²) in [6, 6.07) is 28.8. The van der Waals surface area contributed by atoms with Crippen LogP contribution in [-0.2, 0) is 0 Å². The molecule has 10 nitrogen and oxygen atoms in total. The molecule has 2 aliphatic heterocycles. The van der Waals surface area contributed by atoms with Crippen LogP contribution in [0.15, 0.2) is 110 Å². The van der Waals surface area contributed by atoms with Crippen molar-refractivity contribution in [2.75, 3.05) is 26.4 Å². The first kappa shape index (κ1) is 45.7. The van der Waals surface area contributed by atoms with Gasteiger partial charge >= 0.3 is 0 Å². The van der Waals surface area contributed by atoms with Gasteiger partial charge < -0.3 is 28.9 Å². The Labute approximate surface area is 399 Å². The summed E-state index contributed by atoms with van der Waals surface area (Å²) in [5.74, 6) is 2.97. The predicted octanol–water partition coefficient (Wildman–Crippen LogP) is 14.8. The average Bonchev–Trinajstić information content (AvgIpc) is 4.22. The molecule has 10 heteroatoms. The summed E-state index contributed by atoms with van der Waals surface area (Å²) in [6.07, 6.45) is 23.4. The van der Waals surface area contributed by atoms with Crippen LogP contribution in [0.2, 0.25) is 0 Å². The molecule has 8 bridgehead atoms. The van der Waals surface area contributed by atoms with Gasteiger partial charge in [0.05, 0.1) is 60.3 Å². The summed E-state index contributed by atoms with van der Waals surface area (Å²) >= 11 is 0. The lowest BCUT2D eigenvalue weighted by molar-refractivity contribution is 0.296.